The van der Waals surface area contributed by atoms with Crippen molar-refractivity contribution < 1.29 is 9.53 Å². The maximum atomic E-state index is 11.5. The average Bonchev–Trinajstić information content (AvgIpc) is 2.16. The third-order valence-corrected chi connectivity index (χ3v) is 2.69. The van der Waals surface area contributed by atoms with Crippen LogP contribution in [0.5, 0.6) is 5.75 Å². The first-order chi connectivity index (χ1) is 7.45. The minimum absolute atomic E-state index is 0.299. The van der Waals surface area contributed by atoms with Crippen molar-refractivity contribution in [2.45, 2.75) is 13.0 Å². The van der Waals surface area contributed by atoms with Crippen molar-refractivity contribution in [3.63, 3.8) is 0 Å². The van der Waals surface area contributed by atoms with Crippen molar-refractivity contribution in [3.05, 3.63) is 21.6 Å². The quantitative estimate of drug-likeness (QED) is 0.901. The zero-order valence-electron chi connectivity index (χ0n) is 8.88. The van der Waals surface area contributed by atoms with E-state index in [1.807, 2.05) is 0 Å². The monoisotopic (exact) mass is 306 g/mol. The molecule has 0 spiro atoms. The van der Waals surface area contributed by atoms with Gasteiger partial charge in [-0.25, -0.2) is 0 Å². The van der Waals surface area contributed by atoms with Gasteiger partial charge in [-0.15, -0.1) is 0 Å². The van der Waals surface area contributed by atoms with E-state index in [1.165, 1.54) is 7.11 Å². The molecule has 1 amide bonds. The van der Waals surface area contributed by atoms with E-state index in [9.17, 15) is 4.79 Å². The maximum absolute atomic E-state index is 11.5. The number of halogens is 2. The zero-order valence-corrected chi connectivity index (χ0v) is 11.2. The Kier molecular flexibility index (Phi) is 4.58. The number of amides is 1. The summed E-state index contributed by atoms with van der Waals surface area (Å²) >= 11 is 9.17. The number of carbonyl (C=O) groups is 1. The first kappa shape index (κ1) is 13.3. The first-order valence-corrected chi connectivity index (χ1v) is 5.72. The third kappa shape index (κ3) is 3.10. The smallest absolute Gasteiger partial charge is 0.241 e. The fraction of sp³-hybridized carbons (Fsp3) is 0.300. The van der Waals surface area contributed by atoms with Gasteiger partial charge >= 0.3 is 0 Å². The molecule has 3 N–H and O–H groups in total. The molecule has 6 heteroatoms. The molecule has 0 fully saturated rings. The largest absolute Gasteiger partial charge is 0.493 e. The predicted octanol–water partition coefficient (Wildman–Crippen LogP) is 2.40. The Labute approximate surface area is 107 Å². The fourth-order valence-electron chi connectivity index (χ4n) is 1.11. The number of anilines is 1. The Balaban J connectivity index is 3.07. The molecule has 88 valence electrons. The van der Waals surface area contributed by atoms with E-state index in [-0.39, 0.29) is 5.91 Å². The molecular weight excluding hydrogens is 295 g/mol. The Bertz CT molecular complexity index is 410. The van der Waals surface area contributed by atoms with E-state index in [0.29, 0.717) is 20.9 Å². The van der Waals surface area contributed by atoms with Gasteiger partial charge in [0, 0.05) is 5.02 Å². The molecule has 1 aromatic rings. The Hall–Kier alpha value is -0.780. The van der Waals surface area contributed by atoms with Crippen LogP contribution in [0.3, 0.4) is 0 Å². The van der Waals surface area contributed by atoms with Crippen molar-refractivity contribution in [1.82, 2.24) is 0 Å². The van der Waals surface area contributed by atoms with Gasteiger partial charge in [-0.2, -0.15) is 0 Å². The van der Waals surface area contributed by atoms with Crippen LogP contribution in [-0.2, 0) is 4.79 Å². The molecule has 0 bridgehead atoms. The number of methoxy groups -OCH3 is 1. The first-order valence-electron chi connectivity index (χ1n) is 4.55. The van der Waals surface area contributed by atoms with Gasteiger partial charge in [-0.05, 0) is 35.0 Å². The normalized spacial score (nSPS) is 12.1. The van der Waals surface area contributed by atoms with Crippen molar-refractivity contribution in [2.75, 3.05) is 12.4 Å². The number of hydrogen-bond acceptors (Lipinski definition) is 3. The molecule has 0 aliphatic carbocycles. The second-order valence-electron chi connectivity index (χ2n) is 3.25. The van der Waals surface area contributed by atoms with Gasteiger partial charge in [0.15, 0.2) is 5.75 Å². The molecule has 1 rings (SSSR count). The number of ether oxygens (including phenoxy) is 1. The second kappa shape index (κ2) is 5.52. The van der Waals surface area contributed by atoms with E-state index in [1.54, 1.807) is 19.1 Å². The van der Waals surface area contributed by atoms with E-state index < -0.39 is 6.04 Å². The van der Waals surface area contributed by atoms with Crippen molar-refractivity contribution in [2.24, 2.45) is 5.73 Å². The van der Waals surface area contributed by atoms with Gasteiger partial charge in [-0.1, -0.05) is 11.6 Å². The highest BCUT2D eigenvalue weighted by molar-refractivity contribution is 9.10. The lowest BCUT2D eigenvalue weighted by Crippen LogP contribution is -2.32. The van der Waals surface area contributed by atoms with Gasteiger partial charge in [0.05, 0.1) is 23.3 Å². The van der Waals surface area contributed by atoms with Crippen molar-refractivity contribution in [1.29, 1.82) is 0 Å². The lowest BCUT2D eigenvalue weighted by atomic mass is 10.2. The molecule has 0 heterocycles. The average molecular weight is 308 g/mol. The summed E-state index contributed by atoms with van der Waals surface area (Å²) in [5.74, 6) is 0.214. The summed E-state index contributed by atoms with van der Waals surface area (Å²) < 4.78 is 5.82. The Morgan fingerprint density at radius 1 is 1.62 bits per heavy atom. The Morgan fingerprint density at radius 3 is 2.75 bits per heavy atom. The molecule has 0 saturated carbocycles. The highest BCUT2D eigenvalue weighted by Crippen LogP contribution is 2.36. The molecule has 16 heavy (non-hydrogen) atoms. The fourth-order valence-corrected chi connectivity index (χ4v) is 2.08. The highest BCUT2D eigenvalue weighted by atomic mass is 79.9. The molecule has 1 atom stereocenters. The van der Waals surface area contributed by atoms with Crippen LogP contribution < -0.4 is 15.8 Å². The molecule has 0 saturated heterocycles. The van der Waals surface area contributed by atoms with Crippen LogP contribution in [0.1, 0.15) is 6.92 Å². The summed E-state index contributed by atoms with van der Waals surface area (Å²) in [5, 5.41) is 3.13. The molecule has 0 aliphatic rings. The lowest BCUT2D eigenvalue weighted by Gasteiger charge is -2.13. The third-order valence-electron chi connectivity index (χ3n) is 1.88. The van der Waals surface area contributed by atoms with Crippen LogP contribution in [0.4, 0.5) is 5.69 Å². The lowest BCUT2D eigenvalue weighted by molar-refractivity contribution is -0.117. The maximum Gasteiger partial charge on any atom is 0.241 e. The van der Waals surface area contributed by atoms with Crippen molar-refractivity contribution >= 4 is 39.1 Å². The van der Waals surface area contributed by atoms with Crippen LogP contribution in [0, 0.1) is 0 Å². The van der Waals surface area contributed by atoms with Gasteiger partial charge in [0.25, 0.3) is 0 Å². The SMILES string of the molecule is COc1c(Br)cc(Cl)cc1NC(=O)C(C)N. The van der Waals surface area contributed by atoms with Crippen molar-refractivity contribution in [3.8, 4) is 5.75 Å². The van der Waals surface area contributed by atoms with Gasteiger partial charge in [-0.3, -0.25) is 4.79 Å². The summed E-state index contributed by atoms with van der Waals surface area (Å²) in [6.45, 7) is 1.60. The molecule has 0 aliphatic heterocycles. The zero-order chi connectivity index (χ0) is 12.3. The number of hydrogen-bond donors (Lipinski definition) is 2. The minimum Gasteiger partial charge on any atom is -0.493 e. The van der Waals surface area contributed by atoms with E-state index in [2.05, 4.69) is 21.2 Å². The van der Waals surface area contributed by atoms with Crippen LogP contribution in [0.25, 0.3) is 0 Å². The summed E-state index contributed by atoms with van der Waals surface area (Å²) in [7, 11) is 1.51. The summed E-state index contributed by atoms with van der Waals surface area (Å²) in [5.41, 5.74) is 5.94. The summed E-state index contributed by atoms with van der Waals surface area (Å²) in [6, 6.07) is 2.69. The van der Waals surface area contributed by atoms with Gasteiger partial charge in [0.1, 0.15) is 0 Å². The topological polar surface area (TPSA) is 64.3 Å². The molecular formula is C10H12BrClN2O2. The van der Waals surface area contributed by atoms with Gasteiger partial charge < -0.3 is 15.8 Å². The summed E-state index contributed by atoms with van der Waals surface area (Å²) in [6.07, 6.45) is 0. The Morgan fingerprint density at radius 2 is 2.25 bits per heavy atom. The number of carbonyl (C=O) groups excluding carboxylic acids is 1. The standard InChI is InChI=1S/C10H12BrClN2O2/c1-5(13)10(15)14-8-4-6(12)3-7(11)9(8)16-2/h3-5H,13H2,1-2H3,(H,14,15). The second-order valence-corrected chi connectivity index (χ2v) is 4.54. The molecule has 1 aromatic carbocycles. The summed E-state index contributed by atoms with van der Waals surface area (Å²) in [4.78, 5) is 11.5. The molecule has 1 unspecified atom stereocenters. The van der Waals surface area contributed by atoms with Crippen LogP contribution in [-0.4, -0.2) is 19.1 Å². The van der Waals surface area contributed by atoms with E-state index in [4.69, 9.17) is 22.1 Å². The predicted molar refractivity (Wildman–Crippen MR) is 68.0 cm³/mol. The molecule has 4 nitrogen and oxygen atoms in total. The minimum atomic E-state index is -0.595. The highest BCUT2D eigenvalue weighted by Gasteiger charge is 2.14. The van der Waals surface area contributed by atoms with Crippen LogP contribution in [0.15, 0.2) is 16.6 Å². The van der Waals surface area contributed by atoms with E-state index in [0.717, 1.165) is 0 Å². The number of nitrogens with one attached hydrogen (secondary N) is 1. The number of rotatable bonds is 3. The molecule has 0 radical (unpaired) electrons. The molecule has 0 aromatic heterocycles. The van der Waals surface area contributed by atoms with Gasteiger partial charge in [0.2, 0.25) is 5.91 Å². The number of nitrogens with two attached hydrogens (primary N) is 1. The van der Waals surface area contributed by atoms with Crippen LogP contribution >= 0.6 is 27.5 Å². The number of benzene rings is 1. The van der Waals surface area contributed by atoms with Crippen LogP contribution in [0.2, 0.25) is 5.02 Å². The van der Waals surface area contributed by atoms with E-state index >= 15 is 0 Å².